The molecule has 2 aliphatic rings. The number of carbonyl (C=O) groups is 1. The van der Waals surface area contributed by atoms with E-state index in [1.807, 2.05) is 12.1 Å². The number of rotatable bonds is 7. The molecule has 2 aliphatic heterocycles. The van der Waals surface area contributed by atoms with Crippen LogP contribution in [0.4, 0.5) is 5.13 Å². The maximum absolute atomic E-state index is 13.2. The van der Waals surface area contributed by atoms with Gasteiger partial charge in [0.05, 0.1) is 10.2 Å². The average Bonchev–Trinajstić information content (AvgIpc) is 3.17. The van der Waals surface area contributed by atoms with Gasteiger partial charge in [-0.1, -0.05) is 25.2 Å². The first-order chi connectivity index (χ1) is 14.2. The molecule has 0 bridgehead atoms. The molecule has 0 atom stereocenters. The van der Waals surface area contributed by atoms with E-state index in [2.05, 4.69) is 18.7 Å². The van der Waals surface area contributed by atoms with Crippen LogP contribution in [-0.4, -0.2) is 68.4 Å². The minimum atomic E-state index is -0.242. The summed E-state index contributed by atoms with van der Waals surface area (Å²) in [7, 11) is 0. The fourth-order valence-electron chi connectivity index (χ4n) is 3.25. The van der Waals surface area contributed by atoms with E-state index in [4.69, 9.17) is 23.9 Å². The second-order valence-corrected chi connectivity index (χ2v) is 7.65. The highest BCUT2D eigenvalue weighted by atomic mass is 32.1. The predicted molar refractivity (Wildman–Crippen MR) is 111 cm³/mol. The molecule has 0 radical (unpaired) electrons. The van der Waals surface area contributed by atoms with Gasteiger partial charge < -0.3 is 23.8 Å². The molecule has 8 nitrogen and oxygen atoms in total. The molecule has 3 heterocycles. The number of thiazole rings is 1. The predicted octanol–water partition coefficient (Wildman–Crippen LogP) is 2.63. The van der Waals surface area contributed by atoms with Gasteiger partial charge in [0, 0.05) is 25.2 Å². The van der Waals surface area contributed by atoms with E-state index in [1.54, 1.807) is 4.90 Å². The normalized spacial score (nSPS) is 15.6. The Morgan fingerprint density at radius 1 is 1.03 bits per heavy atom. The van der Waals surface area contributed by atoms with Crippen LogP contribution in [-0.2, 0) is 14.3 Å². The highest BCUT2D eigenvalue weighted by molar-refractivity contribution is 7.22. The van der Waals surface area contributed by atoms with Crippen molar-refractivity contribution in [3.05, 3.63) is 24.2 Å². The van der Waals surface area contributed by atoms with Crippen LogP contribution in [0, 0.1) is 0 Å². The number of anilines is 1. The standard InChI is InChI=1S/C20H25N3O5S/c1-3-22(4-2)5-6-23(19(24)17-13-25-7-8-28-17)20-21-14-11-15-16(12-18(14)29-20)27-10-9-26-15/h11-13H,3-10H2,1-2H3. The lowest BCUT2D eigenvalue weighted by molar-refractivity contribution is -0.119. The Hall–Kier alpha value is -2.52. The summed E-state index contributed by atoms with van der Waals surface area (Å²) in [6.45, 7) is 9.17. The van der Waals surface area contributed by atoms with Crippen LogP contribution in [0.3, 0.4) is 0 Å². The number of hydrogen-bond donors (Lipinski definition) is 0. The number of ether oxygens (including phenoxy) is 4. The maximum atomic E-state index is 13.2. The largest absolute Gasteiger partial charge is 0.494 e. The molecule has 0 fully saturated rings. The fraction of sp³-hybridized carbons (Fsp3) is 0.500. The number of hydrogen-bond acceptors (Lipinski definition) is 8. The van der Waals surface area contributed by atoms with Crippen LogP contribution in [0.25, 0.3) is 10.2 Å². The van der Waals surface area contributed by atoms with Crippen molar-refractivity contribution >= 4 is 32.6 Å². The van der Waals surface area contributed by atoms with E-state index in [-0.39, 0.29) is 11.7 Å². The molecule has 1 aromatic carbocycles. The summed E-state index contributed by atoms with van der Waals surface area (Å²) in [5.74, 6) is 1.37. The van der Waals surface area contributed by atoms with E-state index >= 15 is 0 Å². The Labute approximate surface area is 173 Å². The Kier molecular flexibility index (Phi) is 6.05. The van der Waals surface area contributed by atoms with Gasteiger partial charge in [0.1, 0.15) is 32.7 Å². The lowest BCUT2D eigenvalue weighted by atomic mass is 10.3. The Bertz CT molecular complexity index is 866. The van der Waals surface area contributed by atoms with Crippen molar-refractivity contribution < 1.29 is 23.7 Å². The molecule has 29 heavy (non-hydrogen) atoms. The molecule has 1 aromatic heterocycles. The minimum absolute atomic E-state index is 0.209. The van der Waals surface area contributed by atoms with E-state index in [9.17, 15) is 4.79 Å². The fourth-order valence-corrected chi connectivity index (χ4v) is 4.25. The minimum Gasteiger partial charge on any atom is -0.494 e. The van der Waals surface area contributed by atoms with Gasteiger partial charge in [-0.3, -0.25) is 9.69 Å². The number of aromatic nitrogens is 1. The van der Waals surface area contributed by atoms with Gasteiger partial charge in [0.25, 0.3) is 5.91 Å². The van der Waals surface area contributed by atoms with Crippen molar-refractivity contribution in [3.63, 3.8) is 0 Å². The zero-order valence-corrected chi connectivity index (χ0v) is 17.5. The van der Waals surface area contributed by atoms with Gasteiger partial charge in [0.15, 0.2) is 16.6 Å². The second kappa shape index (κ2) is 8.87. The van der Waals surface area contributed by atoms with Crippen molar-refractivity contribution in [1.82, 2.24) is 9.88 Å². The molecule has 2 aromatic rings. The van der Waals surface area contributed by atoms with Crippen molar-refractivity contribution in [2.45, 2.75) is 13.8 Å². The van der Waals surface area contributed by atoms with Crippen LogP contribution < -0.4 is 14.4 Å². The number of nitrogens with zero attached hydrogens (tertiary/aromatic N) is 3. The molecule has 1 amide bonds. The Morgan fingerprint density at radius 2 is 1.76 bits per heavy atom. The zero-order valence-electron chi connectivity index (χ0n) is 16.7. The number of benzene rings is 1. The second-order valence-electron chi connectivity index (χ2n) is 6.65. The van der Waals surface area contributed by atoms with Crippen LogP contribution >= 0.6 is 11.3 Å². The molecule has 0 spiro atoms. The van der Waals surface area contributed by atoms with Crippen LogP contribution in [0.2, 0.25) is 0 Å². The van der Waals surface area contributed by atoms with Gasteiger partial charge >= 0.3 is 0 Å². The summed E-state index contributed by atoms with van der Waals surface area (Å²) in [6, 6.07) is 3.80. The smallest absolute Gasteiger partial charge is 0.298 e. The number of carbonyl (C=O) groups excluding carboxylic acids is 1. The first-order valence-corrected chi connectivity index (χ1v) is 10.7. The third kappa shape index (κ3) is 4.25. The van der Waals surface area contributed by atoms with Crippen molar-refractivity contribution in [1.29, 1.82) is 0 Å². The van der Waals surface area contributed by atoms with Crippen LogP contribution in [0.1, 0.15) is 13.8 Å². The van der Waals surface area contributed by atoms with Crippen LogP contribution in [0.5, 0.6) is 11.5 Å². The van der Waals surface area contributed by atoms with Gasteiger partial charge in [-0.15, -0.1) is 0 Å². The summed E-state index contributed by atoms with van der Waals surface area (Å²) in [6.07, 6.45) is 1.39. The van der Waals surface area contributed by atoms with Gasteiger partial charge in [-0.25, -0.2) is 4.98 Å². The molecule has 4 rings (SSSR count). The monoisotopic (exact) mass is 419 g/mol. The summed E-state index contributed by atoms with van der Waals surface area (Å²) >= 11 is 1.45. The van der Waals surface area contributed by atoms with E-state index in [0.29, 0.717) is 49.6 Å². The molecule has 9 heteroatoms. The number of fused-ring (bicyclic) bond motifs is 2. The molecular weight excluding hydrogens is 394 g/mol. The molecule has 0 N–H and O–H groups in total. The molecule has 0 saturated carbocycles. The third-order valence-electron chi connectivity index (χ3n) is 4.91. The van der Waals surface area contributed by atoms with Crippen molar-refractivity contribution in [3.8, 4) is 11.5 Å². The molecule has 0 aliphatic carbocycles. The maximum Gasteiger partial charge on any atom is 0.298 e. The van der Waals surface area contributed by atoms with Gasteiger partial charge in [0.2, 0.25) is 5.76 Å². The first-order valence-electron chi connectivity index (χ1n) is 9.88. The lowest BCUT2D eigenvalue weighted by Crippen LogP contribution is -2.40. The van der Waals surface area contributed by atoms with E-state index in [1.165, 1.54) is 17.6 Å². The SMILES string of the molecule is CCN(CC)CCN(C(=O)C1=COCCO1)c1nc2cc3c(cc2s1)OCCO3. The van der Waals surface area contributed by atoms with E-state index < -0.39 is 0 Å². The van der Waals surface area contributed by atoms with E-state index in [0.717, 1.165) is 29.9 Å². The quantitative estimate of drug-likeness (QED) is 0.683. The van der Waals surface area contributed by atoms with Crippen molar-refractivity contribution in [2.24, 2.45) is 0 Å². The van der Waals surface area contributed by atoms with Gasteiger partial charge in [-0.2, -0.15) is 0 Å². The highest BCUT2D eigenvalue weighted by Crippen LogP contribution is 2.39. The first kappa shape index (κ1) is 19.8. The summed E-state index contributed by atoms with van der Waals surface area (Å²) in [5, 5.41) is 0.620. The molecular formula is C20H25N3O5S. The number of likely N-dealkylation sites (N-methyl/N-ethyl adjacent to an activating group) is 1. The zero-order chi connectivity index (χ0) is 20.2. The number of amides is 1. The van der Waals surface area contributed by atoms with Crippen LogP contribution in [0.15, 0.2) is 24.2 Å². The molecule has 0 saturated heterocycles. The topological polar surface area (TPSA) is 73.4 Å². The summed E-state index contributed by atoms with van der Waals surface area (Å²) in [4.78, 5) is 21.8. The van der Waals surface area contributed by atoms with Gasteiger partial charge in [-0.05, 0) is 13.1 Å². The molecule has 156 valence electrons. The third-order valence-corrected chi connectivity index (χ3v) is 5.95. The Morgan fingerprint density at radius 3 is 2.45 bits per heavy atom. The lowest BCUT2D eigenvalue weighted by Gasteiger charge is -2.26. The molecule has 0 unspecified atom stereocenters. The summed E-state index contributed by atoms with van der Waals surface area (Å²) in [5.41, 5.74) is 0.782. The van der Waals surface area contributed by atoms with Crippen molar-refractivity contribution in [2.75, 3.05) is 57.5 Å². The highest BCUT2D eigenvalue weighted by Gasteiger charge is 2.27. The Balaban J connectivity index is 1.65. The average molecular weight is 420 g/mol. The summed E-state index contributed by atoms with van der Waals surface area (Å²) < 4.78 is 23.1.